The molecule has 0 bridgehead atoms. The van der Waals surface area contributed by atoms with E-state index in [1.807, 2.05) is 48.5 Å². The molecule has 0 aliphatic rings. The van der Waals surface area contributed by atoms with Crippen molar-refractivity contribution < 1.29 is 4.79 Å². The monoisotopic (exact) mass is 278 g/mol. The molecule has 0 aliphatic heterocycles. The zero-order valence-electron chi connectivity index (χ0n) is 12.8. The number of hydrogen-bond donors (Lipinski definition) is 0. The first-order valence-electron chi connectivity index (χ1n) is 7.43. The Balaban J connectivity index is 2.16. The van der Waals surface area contributed by atoms with E-state index in [9.17, 15) is 4.79 Å². The first kappa shape index (κ1) is 15.2. The van der Waals surface area contributed by atoms with Crippen molar-refractivity contribution in [2.45, 2.75) is 32.6 Å². The standard InChI is InChI=1S/C20H22O/c1-16(2)13-14-19(17-9-5-3-6-10-17)15-20(21)18-11-7-4-8-12-18/h3-13,19H,14-15H2,1-2H3. The highest BCUT2D eigenvalue weighted by Crippen LogP contribution is 2.26. The third kappa shape index (κ3) is 4.71. The van der Waals surface area contributed by atoms with Crippen molar-refractivity contribution in [2.75, 3.05) is 0 Å². The Hall–Kier alpha value is -2.15. The Kier molecular flexibility index (Phi) is 5.51. The molecule has 0 saturated carbocycles. The topological polar surface area (TPSA) is 17.1 Å². The lowest BCUT2D eigenvalue weighted by atomic mass is 9.88. The Morgan fingerprint density at radius 2 is 1.52 bits per heavy atom. The zero-order valence-corrected chi connectivity index (χ0v) is 12.8. The molecular weight excluding hydrogens is 256 g/mol. The normalized spacial score (nSPS) is 11.7. The average Bonchev–Trinajstić information content (AvgIpc) is 2.52. The van der Waals surface area contributed by atoms with Crippen LogP contribution in [0.3, 0.4) is 0 Å². The van der Waals surface area contributed by atoms with Crippen LogP contribution in [0.2, 0.25) is 0 Å². The number of carbonyl (C=O) groups excluding carboxylic acids is 1. The molecule has 0 heterocycles. The largest absolute Gasteiger partial charge is 0.294 e. The van der Waals surface area contributed by atoms with Gasteiger partial charge in [-0.25, -0.2) is 0 Å². The van der Waals surface area contributed by atoms with Crippen LogP contribution in [0.15, 0.2) is 72.3 Å². The van der Waals surface area contributed by atoms with Crippen LogP contribution in [0.25, 0.3) is 0 Å². The summed E-state index contributed by atoms with van der Waals surface area (Å²) in [5.41, 5.74) is 3.33. The van der Waals surface area contributed by atoms with Gasteiger partial charge in [-0.2, -0.15) is 0 Å². The number of carbonyl (C=O) groups is 1. The van der Waals surface area contributed by atoms with Crippen molar-refractivity contribution in [3.05, 3.63) is 83.4 Å². The van der Waals surface area contributed by atoms with E-state index in [-0.39, 0.29) is 11.7 Å². The molecule has 1 heteroatoms. The van der Waals surface area contributed by atoms with E-state index in [0.29, 0.717) is 6.42 Å². The van der Waals surface area contributed by atoms with Gasteiger partial charge in [-0.15, -0.1) is 0 Å². The van der Waals surface area contributed by atoms with Crippen LogP contribution in [0.1, 0.15) is 48.5 Å². The minimum atomic E-state index is 0.214. The van der Waals surface area contributed by atoms with Crippen LogP contribution in [0.4, 0.5) is 0 Å². The van der Waals surface area contributed by atoms with Gasteiger partial charge in [0.05, 0.1) is 0 Å². The summed E-state index contributed by atoms with van der Waals surface area (Å²) in [5.74, 6) is 0.459. The van der Waals surface area contributed by atoms with Crippen LogP contribution < -0.4 is 0 Å². The Morgan fingerprint density at radius 1 is 0.952 bits per heavy atom. The fraction of sp³-hybridized carbons (Fsp3) is 0.250. The van der Waals surface area contributed by atoms with E-state index in [0.717, 1.165) is 12.0 Å². The zero-order chi connectivity index (χ0) is 15.1. The molecule has 0 aliphatic carbocycles. The lowest BCUT2D eigenvalue weighted by molar-refractivity contribution is 0.0973. The summed E-state index contributed by atoms with van der Waals surface area (Å²) < 4.78 is 0. The maximum absolute atomic E-state index is 12.5. The number of ketones is 1. The first-order valence-corrected chi connectivity index (χ1v) is 7.43. The van der Waals surface area contributed by atoms with E-state index in [1.54, 1.807) is 0 Å². The summed E-state index contributed by atoms with van der Waals surface area (Å²) in [4.78, 5) is 12.5. The van der Waals surface area contributed by atoms with E-state index >= 15 is 0 Å². The van der Waals surface area contributed by atoms with Crippen molar-refractivity contribution in [2.24, 2.45) is 0 Å². The molecule has 2 rings (SSSR count). The van der Waals surface area contributed by atoms with Crippen molar-refractivity contribution in [1.82, 2.24) is 0 Å². The predicted molar refractivity (Wildman–Crippen MR) is 88.6 cm³/mol. The minimum absolute atomic E-state index is 0.214. The predicted octanol–water partition coefficient (Wildman–Crippen LogP) is 5.40. The summed E-state index contributed by atoms with van der Waals surface area (Å²) in [5, 5.41) is 0. The number of benzene rings is 2. The molecule has 0 saturated heterocycles. The molecule has 2 aromatic carbocycles. The summed E-state index contributed by atoms with van der Waals surface area (Å²) in [6.45, 7) is 4.20. The van der Waals surface area contributed by atoms with Gasteiger partial charge in [0.2, 0.25) is 0 Å². The van der Waals surface area contributed by atoms with Crippen molar-refractivity contribution >= 4 is 5.78 Å². The molecular formula is C20H22O. The van der Waals surface area contributed by atoms with E-state index in [1.165, 1.54) is 11.1 Å². The third-order valence-corrected chi connectivity index (χ3v) is 3.61. The van der Waals surface area contributed by atoms with Crippen LogP contribution >= 0.6 is 0 Å². The molecule has 0 N–H and O–H groups in total. The summed E-state index contributed by atoms with van der Waals surface area (Å²) in [7, 11) is 0. The summed E-state index contributed by atoms with van der Waals surface area (Å²) >= 11 is 0. The molecule has 108 valence electrons. The lowest BCUT2D eigenvalue weighted by Crippen LogP contribution is -2.07. The Bertz CT molecular complexity index is 592. The van der Waals surface area contributed by atoms with E-state index in [4.69, 9.17) is 0 Å². The van der Waals surface area contributed by atoms with Gasteiger partial charge < -0.3 is 0 Å². The SMILES string of the molecule is CC(C)=CCC(CC(=O)c1ccccc1)c1ccccc1. The van der Waals surface area contributed by atoms with E-state index in [2.05, 4.69) is 32.1 Å². The van der Waals surface area contributed by atoms with Gasteiger partial charge in [0.1, 0.15) is 0 Å². The van der Waals surface area contributed by atoms with Crippen LogP contribution in [-0.2, 0) is 0 Å². The van der Waals surface area contributed by atoms with Gasteiger partial charge in [-0.1, -0.05) is 72.3 Å². The highest BCUT2D eigenvalue weighted by atomic mass is 16.1. The van der Waals surface area contributed by atoms with Gasteiger partial charge in [0.25, 0.3) is 0 Å². The maximum Gasteiger partial charge on any atom is 0.163 e. The second kappa shape index (κ2) is 7.58. The molecule has 21 heavy (non-hydrogen) atoms. The molecule has 0 radical (unpaired) electrons. The average molecular weight is 278 g/mol. The maximum atomic E-state index is 12.5. The van der Waals surface area contributed by atoms with Crippen molar-refractivity contribution in [3.63, 3.8) is 0 Å². The van der Waals surface area contributed by atoms with Gasteiger partial charge in [0.15, 0.2) is 5.78 Å². The molecule has 1 unspecified atom stereocenters. The lowest BCUT2D eigenvalue weighted by Gasteiger charge is -2.15. The molecule has 1 atom stereocenters. The third-order valence-electron chi connectivity index (χ3n) is 3.61. The van der Waals surface area contributed by atoms with Crippen molar-refractivity contribution in [1.29, 1.82) is 0 Å². The highest BCUT2D eigenvalue weighted by Gasteiger charge is 2.16. The van der Waals surface area contributed by atoms with E-state index < -0.39 is 0 Å². The molecule has 0 fully saturated rings. The molecule has 1 nitrogen and oxygen atoms in total. The summed E-state index contributed by atoms with van der Waals surface area (Å²) in [6, 6.07) is 19.9. The van der Waals surface area contributed by atoms with Gasteiger partial charge >= 0.3 is 0 Å². The van der Waals surface area contributed by atoms with Crippen LogP contribution in [0, 0.1) is 0 Å². The fourth-order valence-corrected chi connectivity index (χ4v) is 2.41. The smallest absolute Gasteiger partial charge is 0.163 e. The van der Waals surface area contributed by atoms with Crippen LogP contribution in [0.5, 0.6) is 0 Å². The molecule has 0 amide bonds. The molecule has 0 aromatic heterocycles. The van der Waals surface area contributed by atoms with Crippen molar-refractivity contribution in [3.8, 4) is 0 Å². The number of allylic oxidation sites excluding steroid dienone is 2. The molecule has 2 aromatic rings. The van der Waals surface area contributed by atoms with Crippen LogP contribution in [-0.4, -0.2) is 5.78 Å². The Labute approximate surface area is 127 Å². The van der Waals surface area contributed by atoms with Gasteiger partial charge in [-0.05, 0) is 31.7 Å². The Morgan fingerprint density at radius 3 is 2.10 bits per heavy atom. The van der Waals surface area contributed by atoms with Gasteiger partial charge in [-0.3, -0.25) is 4.79 Å². The minimum Gasteiger partial charge on any atom is -0.294 e. The first-order chi connectivity index (χ1) is 10.2. The second-order valence-electron chi connectivity index (χ2n) is 5.62. The quantitative estimate of drug-likeness (QED) is 0.511. The summed E-state index contributed by atoms with van der Waals surface area (Å²) in [6.07, 6.45) is 3.68. The number of Topliss-reactive ketones (excluding diaryl/α,β-unsaturated/α-hetero) is 1. The number of rotatable bonds is 6. The number of hydrogen-bond acceptors (Lipinski definition) is 1. The molecule has 0 spiro atoms. The van der Waals surface area contributed by atoms with Gasteiger partial charge in [0, 0.05) is 12.0 Å². The second-order valence-corrected chi connectivity index (χ2v) is 5.62. The fourth-order valence-electron chi connectivity index (χ4n) is 2.41. The highest BCUT2D eigenvalue weighted by molar-refractivity contribution is 5.96.